The molecule has 1 aliphatic rings. The summed E-state index contributed by atoms with van der Waals surface area (Å²) in [6, 6.07) is 0. The van der Waals surface area contributed by atoms with Gasteiger partial charge in [-0.15, -0.1) is 0 Å². The van der Waals surface area contributed by atoms with Crippen LogP contribution in [-0.4, -0.2) is 25.0 Å². The molecule has 0 aromatic carbocycles. The first kappa shape index (κ1) is 16.1. The van der Waals surface area contributed by atoms with E-state index in [0.29, 0.717) is 0 Å². The summed E-state index contributed by atoms with van der Waals surface area (Å²) in [4.78, 5) is 2.39. The molecule has 1 aliphatic heterocycles. The van der Waals surface area contributed by atoms with Gasteiger partial charge in [-0.05, 0) is 40.3 Å². The van der Waals surface area contributed by atoms with E-state index < -0.39 is 0 Å². The van der Waals surface area contributed by atoms with Crippen LogP contribution in [0.3, 0.4) is 0 Å². The smallest absolute Gasteiger partial charge is 0.0189 e. The summed E-state index contributed by atoms with van der Waals surface area (Å²) < 4.78 is 0. The van der Waals surface area contributed by atoms with Crippen molar-refractivity contribution in [2.24, 2.45) is 0 Å². The van der Waals surface area contributed by atoms with Gasteiger partial charge in [-0.1, -0.05) is 38.8 Å². The molecule has 0 N–H and O–H groups in total. The first-order valence-electron chi connectivity index (χ1n) is 6.04. The van der Waals surface area contributed by atoms with Gasteiger partial charge in [0.2, 0.25) is 0 Å². The zero-order valence-electron chi connectivity index (χ0n) is 11.3. The predicted octanol–water partition coefficient (Wildman–Crippen LogP) is 4.10. The summed E-state index contributed by atoms with van der Waals surface area (Å²) in [5.41, 5.74) is 3.17. The third-order valence-corrected chi connectivity index (χ3v) is 2.33. The Kier molecular flexibility index (Phi) is 12.4. The molecular weight excluding hydrogens is 170 g/mol. The second kappa shape index (κ2) is 10.8. The summed E-state index contributed by atoms with van der Waals surface area (Å²) in [5, 5.41) is 0. The Morgan fingerprint density at radius 1 is 0.929 bits per heavy atom. The van der Waals surface area contributed by atoms with Crippen LogP contribution in [0.1, 0.15) is 54.4 Å². The maximum Gasteiger partial charge on any atom is 0.0189 e. The van der Waals surface area contributed by atoms with Crippen molar-refractivity contribution in [3.63, 3.8) is 0 Å². The lowest BCUT2D eigenvalue weighted by molar-refractivity contribution is 0.366. The molecule has 0 aromatic heterocycles. The molecule has 14 heavy (non-hydrogen) atoms. The molecule has 0 aliphatic carbocycles. The van der Waals surface area contributed by atoms with E-state index in [1.54, 1.807) is 11.1 Å². The van der Waals surface area contributed by atoms with Gasteiger partial charge < -0.3 is 4.90 Å². The fraction of sp³-hybridized carbons (Fsp3) is 0.846. The SMILES string of the molecule is CC.CC.CC1=C(C)CN(C)CCC1. The van der Waals surface area contributed by atoms with Crippen LogP contribution >= 0.6 is 0 Å². The van der Waals surface area contributed by atoms with Crippen LogP contribution in [0.5, 0.6) is 0 Å². The van der Waals surface area contributed by atoms with E-state index in [2.05, 4.69) is 25.8 Å². The standard InChI is InChI=1S/C9H17N.2C2H6/c1-8-5-4-6-10(3)7-9(8)2;2*1-2/h4-7H2,1-3H3;2*1-2H3. The quantitative estimate of drug-likeness (QED) is 0.531. The highest BCUT2D eigenvalue weighted by Gasteiger charge is 2.06. The number of hydrogen-bond acceptors (Lipinski definition) is 1. The predicted molar refractivity (Wildman–Crippen MR) is 67.8 cm³/mol. The molecule has 0 fully saturated rings. The van der Waals surface area contributed by atoms with Crippen LogP contribution in [-0.2, 0) is 0 Å². The van der Waals surface area contributed by atoms with Crippen molar-refractivity contribution < 1.29 is 0 Å². The highest BCUT2D eigenvalue weighted by Crippen LogP contribution is 2.15. The zero-order chi connectivity index (χ0) is 11.6. The molecule has 0 radical (unpaired) electrons. The first-order chi connectivity index (χ1) is 6.70. The minimum atomic E-state index is 1.17. The summed E-state index contributed by atoms with van der Waals surface area (Å²) >= 11 is 0. The van der Waals surface area contributed by atoms with E-state index in [1.807, 2.05) is 27.7 Å². The van der Waals surface area contributed by atoms with Gasteiger partial charge in [0.15, 0.2) is 0 Å². The summed E-state index contributed by atoms with van der Waals surface area (Å²) in [7, 11) is 2.20. The highest BCUT2D eigenvalue weighted by molar-refractivity contribution is 5.12. The van der Waals surface area contributed by atoms with Crippen LogP contribution in [0.15, 0.2) is 11.1 Å². The first-order valence-corrected chi connectivity index (χ1v) is 6.04. The molecule has 0 aromatic rings. The Balaban J connectivity index is 0. The van der Waals surface area contributed by atoms with Crippen LogP contribution in [0.4, 0.5) is 0 Å². The molecule has 0 atom stereocenters. The minimum absolute atomic E-state index is 1.17. The third kappa shape index (κ3) is 7.14. The van der Waals surface area contributed by atoms with Crippen molar-refractivity contribution in [3.8, 4) is 0 Å². The second-order valence-corrected chi connectivity index (χ2v) is 3.40. The fourth-order valence-electron chi connectivity index (χ4n) is 1.45. The molecule has 86 valence electrons. The fourth-order valence-corrected chi connectivity index (χ4v) is 1.45. The Labute approximate surface area is 91.2 Å². The number of rotatable bonds is 0. The molecule has 1 heteroatoms. The van der Waals surface area contributed by atoms with Crippen LogP contribution in [0.25, 0.3) is 0 Å². The van der Waals surface area contributed by atoms with Gasteiger partial charge in [-0.3, -0.25) is 0 Å². The lowest BCUT2D eigenvalue weighted by atomic mass is 10.1. The van der Waals surface area contributed by atoms with Crippen molar-refractivity contribution in [3.05, 3.63) is 11.1 Å². The molecule has 1 heterocycles. The Bertz CT molecular complexity index is 147. The van der Waals surface area contributed by atoms with Crippen molar-refractivity contribution in [2.45, 2.75) is 54.4 Å². The van der Waals surface area contributed by atoms with Crippen molar-refractivity contribution in [1.29, 1.82) is 0 Å². The van der Waals surface area contributed by atoms with E-state index in [1.165, 1.54) is 25.9 Å². The van der Waals surface area contributed by atoms with Gasteiger partial charge in [0, 0.05) is 6.54 Å². The van der Waals surface area contributed by atoms with Crippen molar-refractivity contribution in [1.82, 2.24) is 4.90 Å². The Morgan fingerprint density at radius 2 is 1.43 bits per heavy atom. The topological polar surface area (TPSA) is 3.24 Å². The molecule has 1 nitrogen and oxygen atoms in total. The van der Waals surface area contributed by atoms with Gasteiger partial charge in [0.25, 0.3) is 0 Å². The van der Waals surface area contributed by atoms with Crippen LogP contribution in [0.2, 0.25) is 0 Å². The highest BCUT2D eigenvalue weighted by atomic mass is 15.1. The molecule has 0 unspecified atom stereocenters. The van der Waals surface area contributed by atoms with E-state index in [9.17, 15) is 0 Å². The Hall–Kier alpha value is -0.300. The average molecular weight is 199 g/mol. The van der Waals surface area contributed by atoms with Crippen molar-refractivity contribution >= 4 is 0 Å². The lowest BCUT2D eigenvalue weighted by Gasteiger charge is -2.12. The molecular formula is C13H29N. The third-order valence-electron chi connectivity index (χ3n) is 2.33. The zero-order valence-corrected chi connectivity index (χ0v) is 11.3. The monoisotopic (exact) mass is 199 g/mol. The van der Waals surface area contributed by atoms with E-state index in [4.69, 9.17) is 0 Å². The summed E-state index contributed by atoms with van der Waals surface area (Å²) in [6.45, 7) is 14.9. The number of nitrogens with zero attached hydrogens (tertiary/aromatic N) is 1. The lowest BCUT2D eigenvalue weighted by Crippen LogP contribution is -2.19. The molecule has 1 rings (SSSR count). The molecule has 0 amide bonds. The molecule has 0 spiro atoms. The number of allylic oxidation sites excluding steroid dienone is 1. The van der Waals surface area contributed by atoms with Gasteiger partial charge >= 0.3 is 0 Å². The average Bonchev–Trinajstić information content (AvgIpc) is 2.36. The van der Waals surface area contributed by atoms with Crippen LogP contribution < -0.4 is 0 Å². The van der Waals surface area contributed by atoms with E-state index in [-0.39, 0.29) is 0 Å². The van der Waals surface area contributed by atoms with Crippen LogP contribution in [0, 0.1) is 0 Å². The number of hydrogen-bond donors (Lipinski definition) is 0. The van der Waals surface area contributed by atoms with E-state index in [0.717, 1.165) is 0 Å². The van der Waals surface area contributed by atoms with Gasteiger partial charge in [0.05, 0.1) is 0 Å². The Morgan fingerprint density at radius 3 is 1.93 bits per heavy atom. The van der Waals surface area contributed by atoms with E-state index >= 15 is 0 Å². The maximum atomic E-state index is 2.39. The molecule has 0 saturated heterocycles. The molecule has 0 bridgehead atoms. The van der Waals surface area contributed by atoms with Gasteiger partial charge in [-0.25, -0.2) is 0 Å². The summed E-state index contributed by atoms with van der Waals surface area (Å²) in [6.07, 6.45) is 2.63. The largest absolute Gasteiger partial charge is 0.302 e. The summed E-state index contributed by atoms with van der Waals surface area (Å²) in [5.74, 6) is 0. The van der Waals surface area contributed by atoms with Gasteiger partial charge in [0.1, 0.15) is 0 Å². The maximum absolute atomic E-state index is 2.39. The molecule has 0 saturated carbocycles. The number of likely N-dealkylation sites (N-methyl/N-ethyl adjacent to an activating group) is 1. The van der Waals surface area contributed by atoms with Gasteiger partial charge in [-0.2, -0.15) is 0 Å². The normalized spacial score (nSPS) is 17.4. The van der Waals surface area contributed by atoms with Crippen molar-refractivity contribution in [2.75, 3.05) is 20.1 Å². The minimum Gasteiger partial charge on any atom is -0.302 e. The second-order valence-electron chi connectivity index (χ2n) is 3.40.